The van der Waals surface area contributed by atoms with Gasteiger partial charge in [-0.3, -0.25) is 4.79 Å². The first-order chi connectivity index (χ1) is 9.74. The Morgan fingerprint density at radius 2 is 1.85 bits per heavy atom. The fourth-order valence-electron chi connectivity index (χ4n) is 2.79. The Kier molecular flexibility index (Phi) is 3.88. The van der Waals surface area contributed by atoms with Crippen molar-refractivity contribution in [2.75, 3.05) is 5.32 Å². The lowest BCUT2D eigenvalue weighted by molar-refractivity contribution is -0.117. The van der Waals surface area contributed by atoms with Crippen LogP contribution in [0.15, 0.2) is 53.0 Å². The van der Waals surface area contributed by atoms with Gasteiger partial charge in [0.1, 0.15) is 0 Å². The molecule has 0 bridgehead atoms. The first-order valence-electron chi connectivity index (χ1n) is 6.88. The largest absolute Gasteiger partial charge is 0.326 e. The summed E-state index contributed by atoms with van der Waals surface area (Å²) in [6.07, 6.45) is 3.09. The number of benzene rings is 2. The molecule has 0 fully saturated rings. The molecule has 1 amide bonds. The van der Waals surface area contributed by atoms with Crippen LogP contribution in [-0.2, 0) is 11.2 Å². The van der Waals surface area contributed by atoms with Gasteiger partial charge in [-0.15, -0.1) is 0 Å². The first kappa shape index (κ1) is 13.4. The number of halogens is 1. The SMILES string of the molecule is O=C(Nc1ccc(Br)cc1)C1CCCc2ccccc21. The second-order valence-corrected chi connectivity index (χ2v) is 6.06. The zero-order valence-electron chi connectivity index (χ0n) is 11.1. The van der Waals surface area contributed by atoms with Crippen LogP contribution in [0.25, 0.3) is 0 Å². The van der Waals surface area contributed by atoms with Gasteiger partial charge in [0.05, 0.1) is 5.92 Å². The Morgan fingerprint density at radius 3 is 2.65 bits per heavy atom. The van der Waals surface area contributed by atoms with E-state index in [1.165, 1.54) is 11.1 Å². The molecule has 0 spiro atoms. The normalized spacial score (nSPS) is 17.4. The molecule has 2 aromatic carbocycles. The minimum Gasteiger partial charge on any atom is -0.326 e. The Morgan fingerprint density at radius 1 is 1.10 bits per heavy atom. The van der Waals surface area contributed by atoms with Crippen molar-refractivity contribution in [3.05, 3.63) is 64.1 Å². The van der Waals surface area contributed by atoms with Crippen molar-refractivity contribution < 1.29 is 4.79 Å². The van der Waals surface area contributed by atoms with E-state index < -0.39 is 0 Å². The molecule has 0 heterocycles. The molecule has 102 valence electrons. The highest BCUT2D eigenvalue weighted by molar-refractivity contribution is 9.10. The minimum absolute atomic E-state index is 0.0244. The number of carbonyl (C=O) groups is 1. The number of amides is 1. The van der Waals surface area contributed by atoms with E-state index in [0.717, 1.165) is 29.4 Å². The number of rotatable bonds is 2. The highest BCUT2D eigenvalue weighted by atomic mass is 79.9. The second-order valence-electron chi connectivity index (χ2n) is 5.14. The van der Waals surface area contributed by atoms with Crippen LogP contribution >= 0.6 is 15.9 Å². The lowest BCUT2D eigenvalue weighted by Crippen LogP contribution is -2.24. The predicted molar refractivity (Wildman–Crippen MR) is 84.9 cm³/mol. The molecule has 0 aromatic heterocycles. The van der Waals surface area contributed by atoms with E-state index in [9.17, 15) is 4.79 Å². The molecule has 0 radical (unpaired) electrons. The van der Waals surface area contributed by atoms with Crippen LogP contribution < -0.4 is 5.32 Å². The summed E-state index contributed by atoms with van der Waals surface area (Å²) in [5, 5.41) is 3.02. The van der Waals surface area contributed by atoms with Crippen molar-refractivity contribution in [2.24, 2.45) is 0 Å². The number of carbonyl (C=O) groups excluding carboxylic acids is 1. The van der Waals surface area contributed by atoms with Gasteiger partial charge in [-0.05, 0) is 54.7 Å². The summed E-state index contributed by atoms with van der Waals surface area (Å²) in [5.41, 5.74) is 3.35. The van der Waals surface area contributed by atoms with Crippen LogP contribution in [0.2, 0.25) is 0 Å². The maximum Gasteiger partial charge on any atom is 0.231 e. The molecule has 1 unspecified atom stereocenters. The Bertz CT molecular complexity index is 621. The van der Waals surface area contributed by atoms with E-state index in [1.807, 2.05) is 36.4 Å². The van der Waals surface area contributed by atoms with Gasteiger partial charge in [0, 0.05) is 10.2 Å². The summed E-state index contributed by atoms with van der Waals surface area (Å²) in [5.74, 6) is 0.0723. The van der Waals surface area contributed by atoms with Gasteiger partial charge in [0.2, 0.25) is 5.91 Å². The molecule has 1 N–H and O–H groups in total. The summed E-state index contributed by atoms with van der Waals surface area (Å²) in [6, 6.07) is 16.0. The third-order valence-corrected chi connectivity index (χ3v) is 4.33. The molecular weight excluding hydrogens is 314 g/mol. The van der Waals surface area contributed by atoms with E-state index in [1.54, 1.807) is 0 Å². The molecule has 2 nitrogen and oxygen atoms in total. The number of nitrogens with one attached hydrogen (secondary N) is 1. The number of fused-ring (bicyclic) bond motifs is 1. The van der Waals surface area contributed by atoms with Crippen molar-refractivity contribution in [3.63, 3.8) is 0 Å². The smallest absolute Gasteiger partial charge is 0.231 e. The van der Waals surface area contributed by atoms with Crippen LogP contribution in [0.5, 0.6) is 0 Å². The molecule has 3 rings (SSSR count). The Labute approximate surface area is 127 Å². The highest BCUT2D eigenvalue weighted by Crippen LogP contribution is 2.32. The zero-order chi connectivity index (χ0) is 13.9. The molecule has 1 aliphatic carbocycles. The van der Waals surface area contributed by atoms with Crippen LogP contribution in [0.4, 0.5) is 5.69 Å². The van der Waals surface area contributed by atoms with Gasteiger partial charge >= 0.3 is 0 Å². The van der Waals surface area contributed by atoms with Crippen LogP contribution in [-0.4, -0.2) is 5.91 Å². The van der Waals surface area contributed by atoms with Gasteiger partial charge in [-0.25, -0.2) is 0 Å². The Hall–Kier alpha value is -1.61. The van der Waals surface area contributed by atoms with Crippen molar-refractivity contribution in [1.82, 2.24) is 0 Å². The molecule has 0 aliphatic heterocycles. The van der Waals surface area contributed by atoms with E-state index in [4.69, 9.17) is 0 Å². The minimum atomic E-state index is -0.0244. The molecule has 1 atom stereocenters. The maximum atomic E-state index is 12.5. The van der Waals surface area contributed by atoms with Crippen LogP contribution in [0.3, 0.4) is 0 Å². The molecule has 1 aliphatic rings. The van der Waals surface area contributed by atoms with E-state index in [0.29, 0.717) is 0 Å². The van der Waals surface area contributed by atoms with Crippen LogP contribution in [0, 0.1) is 0 Å². The standard InChI is InChI=1S/C17H16BrNO/c18-13-8-10-14(11-9-13)19-17(20)16-7-3-5-12-4-1-2-6-15(12)16/h1-2,4,6,8-11,16H,3,5,7H2,(H,19,20). The van der Waals surface area contributed by atoms with E-state index in [2.05, 4.69) is 33.4 Å². The van der Waals surface area contributed by atoms with Crippen molar-refractivity contribution in [1.29, 1.82) is 0 Å². The average Bonchev–Trinajstić information content (AvgIpc) is 2.49. The van der Waals surface area contributed by atoms with Crippen molar-refractivity contribution in [3.8, 4) is 0 Å². The van der Waals surface area contributed by atoms with E-state index in [-0.39, 0.29) is 11.8 Å². The second kappa shape index (κ2) is 5.80. The molecule has 2 aromatic rings. The van der Waals surface area contributed by atoms with Crippen molar-refractivity contribution in [2.45, 2.75) is 25.2 Å². The highest BCUT2D eigenvalue weighted by Gasteiger charge is 2.26. The fourth-order valence-corrected chi connectivity index (χ4v) is 3.05. The van der Waals surface area contributed by atoms with Gasteiger partial charge in [0.25, 0.3) is 0 Å². The summed E-state index contributed by atoms with van der Waals surface area (Å²) in [4.78, 5) is 12.5. The molecule has 0 saturated heterocycles. The number of hydrogen-bond acceptors (Lipinski definition) is 1. The van der Waals surface area contributed by atoms with Crippen LogP contribution in [0.1, 0.15) is 29.9 Å². The lowest BCUT2D eigenvalue weighted by Gasteiger charge is -2.24. The number of aryl methyl sites for hydroxylation is 1. The summed E-state index contributed by atoms with van der Waals surface area (Å²) in [6.45, 7) is 0. The van der Waals surface area contributed by atoms with Gasteiger partial charge < -0.3 is 5.32 Å². The average molecular weight is 330 g/mol. The van der Waals surface area contributed by atoms with Crippen molar-refractivity contribution >= 4 is 27.5 Å². The van der Waals surface area contributed by atoms with E-state index >= 15 is 0 Å². The topological polar surface area (TPSA) is 29.1 Å². The predicted octanol–water partition coefficient (Wildman–Crippen LogP) is 4.51. The third-order valence-electron chi connectivity index (χ3n) is 3.80. The number of hydrogen-bond donors (Lipinski definition) is 1. The maximum absolute atomic E-state index is 12.5. The molecule has 3 heteroatoms. The Balaban J connectivity index is 1.80. The molecular formula is C17H16BrNO. The van der Waals surface area contributed by atoms with Gasteiger partial charge in [-0.1, -0.05) is 40.2 Å². The quantitative estimate of drug-likeness (QED) is 0.862. The third kappa shape index (κ3) is 2.78. The molecule has 20 heavy (non-hydrogen) atoms. The zero-order valence-corrected chi connectivity index (χ0v) is 12.7. The summed E-state index contributed by atoms with van der Waals surface area (Å²) >= 11 is 3.40. The first-order valence-corrected chi connectivity index (χ1v) is 7.67. The molecule has 0 saturated carbocycles. The fraction of sp³-hybridized carbons (Fsp3) is 0.235. The lowest BCUT2D eigenvalue weighted by atomic mass is 9.82. The monoisotopic (exact) mass is 329 g/mol. The number of anilines is 1. The van der Waals surface area contributed by atoms with Gasteiger partial charge in [0.15, 0.2) is 0 Å². The summed E-state index contributed by atoms with van der Waals surface area (Å²) in [7, 11) is 0. The summed E-state index contributed by atoms with van der Waals surface area (Å²) < 4.78 is 1.01. The van der Waals surface area contributed by atoms with Gasteiger partial charge in [-0.2, -0.15) is 0 Å².